The second-order valence-electron chi connectivity index (χ2n) is 3.18. The second-order valence-corrected chi connectivity index (χ2v) is 3.18. The van der Waals surface area contributed by atoms with Crippen molar-refractivity contribution in [2.24, 2.45) is 0 Å². The van der Waals surface area contributed by atoms with Crippen LogP contribution in [0.3, 0.4) is 0 Å². The lowest BCUT2D eigenvalue weighted by molar-refractivity contribution is 0.795. The first-order valence-corrected chi connectivity index (χ1v) is 4.88. The molecule has 0 aliphatic rings. The summed E-state index contributed by atoms with van der Waals surface area (Å²) < 4.78 is 0. The Morgan fingerprint density at radius 1 is 1.15 bits per heavy atom. The third kappa shape index (κ3) is 3.34. The Balaban J connectivity index is 2.62. The molecule has 0 aliphatic heterocycles. The normalized spacial score (nSPS) is 9.08. The maximum Gasteiger partial charge on any atom is 0.0245 e. The topological polar surface area (TPSA) is 0 Å². The predicted molar refractivity (Wildman–Crippen MR) is 57.6 cm³/mol. The van der Waals surface area contributed by atoms with Crippen LogP contribution in [0.25, 0.3) is 0 Å². The Bertz CT molecular complexity index is 295. The van der Waals surface area contributed by atoms with Crippen molar-refractivity contribution in [2.75, 3.05) is 0 Å². The van der Waals surface area contributed by atoms with Crippen LogP contribution in [0.5, 0.6) is 0 Å². The van der Waals surface area contributed by atoms with E-state index in [2.05, 4.69) is 43.0 Å². The summed E-state index contributed by atoms with van der Waals surface area (Å²) in [7, 11) is 0. The third-order valence-electron chi connectivity index (χ3n) is 2.04. The van der Waals surface area contributed by atoms with Crippen molar-refractivity contribution in [2.45, 2.75) is 33.1 Å². The van der Waals surface area contributed by atoms with E-state index in [0.29, 0.717) is 0 Å². The Kier molecular flexibility index (Phi) is 4.12. The Morgan fingerprint density at radius 3 is 2.38 bits per heavy atom. The fraction of sp³-hybridized carbons (Fsp3) is 0.385. The van der Waals surface area contributed by atoms with E-state index in [1.54, 1.807) is 0 Å². The molecule has 68 valence electrons. The molecule has 0 unspecified atom stereocenters. The second kappa shape index (κ2) is 5.43. The quantitative estimate of drug-likeness (QED) is 0.613. The van der Waals surface area contributed by atoms with Crippen LogP contribution < -0.4 is 0 Å². The van der Waals surface area contributed by atoms with Crippen LogP contribution in [0.15, 0.2) is 24.3 Å². The van der Waals surface area contributed by atoms with Gasteiger partial charge in [0, 0.05) is 5.56 Å². The van der Waals surface area contributed by atoms with E-state index >= 15 is 0 Å². The van der Waals surface area contributed by atoms with Gasteiger partial charge in [0.1, 0.15) is 0 Å². The van der Waals surface area contributed by atoms with Crippen molar-refractivity contribution < 1.29 is 0 Å². The molecule has 1 rings (SSSR count). The lowest BCUT2D eigenvalue weighted by Gasteiger charge is -1.98. The molecular formula is C13H16. The zero-order valence-electron chi connectivity index (χ0n) is 8.43. The summed E-state index contributed by atoms with van der Waals surface area (Å²) in [5.41, 5.74) is 2.53. The van der Waals surface area contributed by atoms with Crippen molar-refractivity contribution >= 4 is 0 Å². The molecule has 0 saturated carbocycles. The molecule has 0 amide bonds. The average Bonchev–Trinajstić information content (AvgIpc) is 2.17. The molecule has 0 saturated heterocycles. The molecule has 0 heterocycles. The maximum atomic E-state index is 3.04. The number of hydrogen-bond acceptors (Lipinski definition) is 0. The Hall–Kier alpha value is -1.22. The molecule has 0 bridgehead atoms. The van der Waals surface area contributed by atoms with E-state index in [-0.39, 0.29) is 0 Å². The number of benzene rings is 1. The minimum atomic E-state index is 1.11. The molecule has 0 heteroatoms. The maximum absolute atomic E-state index is 3.04. The van der Waals surface area contributed by atoms with Crippen LogP contribution in [0.4, 0.5) is 0 Å². The van der Waals surface area contributed by atoms with Crippen LogP contribution in [-0.4, -0.2) is 0 Å². The highest BCUT2D eigenvalue weighted by Gasteiger charge is 1.91. The van der Waals surface area contributed by atoms with Crippen molar-refractivity contribution in [1.29, 1.82) is 0 Å². The lowest BCUT2D eigenvalue weighted by atomic mass is 10.1. The summed E-state index contributed by atoms with van der Waals surface area (Å²) in [5, 5.41) is 0. The van der Waals surface area contributed by atoms with Crippen LogP contribution >= 0.6 is 0 Å². The molecule has 1 aromatic carbocycles. The van der Waals surface area contributed by atoms with Crippen LogP contribution in [0.1, 0.15) is 37.8 Å². The van der Waals surface area contributed by atoms with Crippen LogP contribution in [0, 0.1) is 11.8 Å². The number of unbranched alkanes of at least 4 members (excludes halogenated alkanes) is 1. The van der Waals surface area contributed by atoms with Gasteiger partial charge in [0.05, 0.1) is 0 Å². The van der Waals surface area contributed by atoms with Gasteiger partial charge in [-0.25, -0.2) is 0 Å². The van der Waals surface area contributed by atoms with Crippen molar-refractivity contribution in [3.05, 3.63) is 35.4 Å². The third-order valence-corrected chi connectivity index (χ3v) is 2.04. The van der Waals surface area contributed by atoms with Gasteiger partial charge in [0.2, 0.25) is 0 Å². The summed E-state index contributed by atoms with van der Waals surface area (Å²) in [5.74, 6) is 5.94. The SMILES string of the molecule is CC#Cc1ccc(CCCC)cc1. The van der Waals surface area contributed by atoms with Gasteiger partial charge in [-0.1, -0.05) is 31.4 Å². The molecule has 0 fully saturated rings. The monoisotopic (exact) mass is 172 g/mol. The van der Waals surface area contributed by atoms with Gasteiger partial charge in [0.15, 0.2) is 0 Å². The molecule has 0 spiro atoms. The van der Waals surface area contributed by atoms with Gasteiger partial charge in [-0.2, -0.15) is 0 Å². The molecule has 0 aromatic heterocycles. The van der Waals surface area contributed by atoms with Crippen molar-refractivity contribution in [3.8, 4) is 11.8 Å². The minimum absolute atomic E-state index is 1.11. The highest BCUT2D eigenvalue weighted by molar-refractivity contribution is 5.35. The van der Waals surface area contributed by atoms with E-state index in [4.69, 9.17) is 0 Å². The first-order chi connectivity index (χ1) is 6.36. The van der Waals surface area contributed by atoms with Gasteiger partial charge < -0.3 is 0 Å². The molecule has 0 nitrogen and oxygen atoms in total. The summed E-state index contributed by atoms with van der Waals surface area (Å²) >= 11 is 0. The zero-order valence-corrected chi connectivity index (χ0v) is 8.43. The molecule has 1 aromatic rings. The smallest absolute Gasteiger partial charge is 0.0245 e. The van der Waals surface area contributed by atoms with Crippen molar-refractivity contribution in [1.82, 2.24) is 0 Å². The summed E-state index contributed by atoms with van der Waals surface area (Å²) in [6.45, 7) is 4.09. The first kappa shape index (κ1) is 9.86. The first-order valence-electron chi connectivity index (χ1n) is 4.88. The van der Waals surface area contributed by atoms with Gasteiger partial charge in [-0.15, -0.1) is 5.92 Å². The van der Waals surface area contributed by atoms with Crippen LogP contribution in [-0.2, 0) is 6.42 Å². The average molecular weight is 172 g/mol. The number of aryl methyl sites for hydroxylation is 1. The van der Waals surface area contributed by atoms with Gasteiger partial charge in [-0.05, 0) is 37.5 Å². The zero-order chi connectivity index (χ0) is 9.52. The molecule has 0 atom stereocenters. The largest absolute Gasteiger partial charge is 0.101 e. The number of hydrogen-bond donors (Lipinski definition) is 0. The van der Waals surface area contributed by atoms with Crippen molar-refractivity contribution in [3.63, 3.8) is 0 Å². The molecule has 13 heavy (non-hydrogen) atoms. The van der Waals surface area contributed by atoms with Gasteiger partial charge in [0.25, 0.3) is 0 Å². The summed E-state index contributed by atoms with van der Waals surface area (Å²) in [6.07, 6.45) is 3.73. The van der Waals surface area contributed by atoms with E-state index in [9.17, 15) is 0 Å². The highest BCUT2D eigenvalue weighted by atomic mass is 14.0. The molecule has 0 radical (unpaired) electrons. The van der Waals surface area contributed by atoms with E-state index in [0.717, 1.165) is 5.56 Å². The molecular weight excluding hydrogens is 156 g/mol. The fourth-order valence-electron chi connectivity index (χ4n) is 1.28. The summed E-state index contributed by atoms with van der Waals surface area (Å²) in [6, 6.07) is 8.55. The molecule has 0 aliphatic carbocycles. The Labute approximate surface area is 81.0 Å². The minimum Gasteiger partial charge on any atom is -0.101 e. The summed E-state index contributed by atoms with van der Waals surface area (Å²) in [4.78, 5) is 0. The van der Waals surface area contributed by atoms with Gasteiger partial charge in [-0.3, -0.25) is 0 Å². The van der Waals surface area contributed by atoms with Gasteiger partial charge >= 0.3 is 0 Å². The van der Waals surface area contributed by atoms with E-state index < -0.39 is 0 Å². The van der Waals surface area contributed by atoms with E-state index in [1.807, 2.05) is 6.92 Å². The standard InChI is InChI=1S/C13H16/c1-3-5-7-13-10-8-12(6-4-2)9-11-13/h8-11H,3,5,7H2,1-2H3. The highest BCUT2D eigenvalue weighted by Crippen LogP contribution is 2.06. The Morgan fingerprint density at radius 2 is 1.85 bits per heavy atom. The molecule has 0 N–H and O–H groups in total. The predicted octanol–water partition coefficient (Wildman–Crippen LogP) is 3.40. The fourth-order valence-corrected chi connectivity index (χ4v) is 1.28. The van der Waals surface area contributed by atoms with Crippen LogP contribution in [0.2, 0.25) is 0 Å². The number of rotatable bonds is 3. The van der Waals surface area contributed by atoms with E-state index in [1.165, 1.54) is 24.8 Å². The lowest BCUT2D eigenvalue weighted by Crippen LogP contribution is -1.84.